The molecule has 1 rings (SSSR count). The number of hydrogen-bond acceptors (Lipinski definition) is 4. The van der Waals surface area contributed by atoms with Gasteiger partial charge in [-0.15, -0.1) is 11.8 Å². The third-order valence-electron chi connectivity index (χ3n) is 2.05. The van der Waals surface area contributed by atoms with Gasteiger partial charge in [0.15, 0.2) is 0 Å². The average Bonchev–Trinajstić information content (AvgIpc) is 2.33. The summed E-state index contributed by atoms with van der Waals surface area (Å²) < 4.78 is 26.0. The summed E-state index contributed by atoms with van der Waals surface area (Å²) in [5.74, 6) is -3.19. The van der Waals surface area contributed by atoms with E-state index in [-0.39, 0.29) is 17.2 Å². The number of carbonyl (C=O) groups is 2. The van der Waals surface area contributed by atoms with Crippen LogP contribution in [0.3, 0.4) is 0 Å². The van der Waals surface area contributed by atoms with Crippen LogP contribution in [0.1, 0.15) is 0 Å². The van der Waals surface area contributed by atoms with Gasteiger partial charge in [-0.25, -0.2) is 8.78 Å². The van der Waals surface area contributed by atoms with Crippen molar-refractivity contribution in [1.82, 2.24) is 0 Å². The number of anilines is 1. The molecular weight excluding hydrogens is 278 g/mol. The number of halogens is 2. The molecule has 1 unspecified atom stereocenters. The van der Waals surface area contributed by atoms with Gasteiger partial charge in [-0.05, 0) is 12.1 Å². The topological polar surface area (TPSA) is 92.4 Å². The van der Waals surface area contributed by atoms with Crippen molar-refractivity contribution in [3.05, 3.63) is 29.8 Å². The van der Waals surface area contributed by atoms with Gasteiger partial charge in [-0.3, -0.25) is 9.59 Å². The molecule has 1 amide bonds. The Kier molecular flexibility index (Phi) is 5.71. The van der Waals surface area contributed by atoms with E-state index in [0.29, 0.717) is 0 Å². The second-order valence-corrected chi connectivity index (χ2v) is 4.66. The first-order valence-electron chi connectivity index (χ1n) is 5.21. The second-order valence-electron chi connectivity index (χ2n) is 3.63. The van der Waals surface area contributed by atoms with Gasteiger partial charge in [-0.1, -0.05) is 0 Å². The highest BCUT2D eigenvalue weighted by Crippen LogP contribution is 2.15. The summed E-state index contributed by atoms with van der Waals surface area (Å²) in [5.41, 5.74) is 4.98. The molecule has 0 aliphatic heterocycles. The smallest absolute Gasteiger partial charge is 0.321 e. The number of hydrogen-bond donors (Lipinski definition) is 3. The Balaban J connectivity index is 2.43. The highest BCUT2D eigenvalue weighted by atomic mass is 32.2. The van der Waals surface area contributed by atoms with Crippen LogP contribution in [0, 0.1) is 11.6 Å². The number of thioether (sulfide) groups is 1. The SMILES string of the molecule is NC(CSCC(=O)Nc1cc(F)ccc1F)C(=O)O. The van der Waals surface area contributed by atoms with Gasteiger partial charge in [0.2, 0.25) is 5.91 Å². The van der Waals surface area contributed by atoms with Gasteiger partial charge >= 0.3 is 5.97 Å². The molecule has 0 saturated carbocycles. The lowest BCUT2D eigenvalue weighted by Crippen LogP contribution is -2.33. The molecule has 0 aliphatic rings. The van der Waals surface area contributed by atoms with Crippen molar-refractivity contribution in [2.45, 2.75) is 6.04 Å². The minimum absolute atomic E-state index is 0.0500. The largest absolute Gasteiger partial charge is 0.480 e. The maximum absolute atomic E-state index is 13.2. The molecular formula is C11H12F2N2O3S. The number of carboxylic acids is 1. The van der Waals surface area contributed by atoms with Gasteiger partial charge in [0.05, 0.1) is 11.4 Å². The molecule has 0 heterocycles. The Bertz CT molecular complexity index is 485. The fourth-order valence-electron chi connectivity index (χ4n) is 1.13. The van der Waals surface area contributed by atoms with Crippen LogP contribution in [0.15, 0.2) is 18.2 Å². The van der Waals surface area contributed by atoms with E-state index in [2.05, 4.69) is 5.32 Å². The highest BCUT2D eigenvalue weighted by molar-refractivity contribution is 8.00. The highest BCUT2D eigenvalue weighted by Gasteiger charge is 2.13. The van der Waals surface area contributed by atoms with Crippen LogP contribution in [0.2, 0.25) is 0 Å². The monoisotopic (exact) mass is 290 g/mol. The number of nitrogens with one attached hydrogen (secondary N) is 1. The van der Waals surface area contributed by atoms with Gasteiger partial charge in [0, 0.05) is 11.8 Å². The zero-order valence-corrected chi connectivity index (χ0v) is 10.5. The van der Waals surface area contributed by atoms with Gasteiger partial charge in [0.25, 0.3) is 0 Å². The number of aliphatic carboxylic acids is 1. The van der Waals surface area contributed by atoms with Crippen molar-refractivity contribution < 1.29 is 23.5 Å². The Morgan fingerprint density at radius 3 is 2.74 bits per heavy atom. The average molecular weight is 290 g/mol. The number of rotatable bonds is 6. The van der Waals surface area contributed by atoms with E-state index in [1.54, 1.807) is 0 Å². The normalized spacial score (nSPS) is 11.9. The second kappa shape index (κ2) is 7.05. The van der Waals surface area contributed by atoms with Crippen molar-refractivity contribution in [2.75, 3.05) is 16.8 Å². The number of benzene rings is 1. The van der Waals surface area contributed by atoms with Gasteiger partial charge < -0.3 is 16.2 Å². The fourth-order valence-corrected chi connectivity index (χ4v) is 1.90. The fraction of sp³-hybridized carbons (Fsp3) is 0.273. The molecule has 104 valence electrons. The summed E-state index contributed by atoms with van der Waals surface area (Å²) in [6, 6.07) is 1.63. The summed E-state index contributed by atoms with van der Waals surface area (Å²) in [7, 11) is 0. The molecule has 0 spiro atoms. The molecule has 4 N–H and O–H groups in total. The van der Waals surface area contributed by atoms with E-state index >= 15 is 0 Å². The lowest BCUT2D eigenvalue weighted by molar-refractivity contribution is -0.137. The molecule has 0 radical (unpaired) electrons. The first-order valence-corrected chi connectivity index (χ1v) is 6.36. The molecule has 5 nitrogen and oxygen atoms in total. The van der Waals surface area contributed by atoms with Crippen molar-refractivity contribution >= 4 is 29.3 Å². The third kappa shape index (κ3) is 5.23. The van der Waals surface area contributed by atoms with Crippen LogP contribution in [0.25, 0.3) is 0 Å². The zero-order chi connectivity index (χ0) is 14.4. The van der Waals surface area contributed by atoms with E-state index in [9.17, 15) is 18.4 Å². The molecule has 1 aromatic rings. The molecule has 0 fully saturated rings. The number of amides is 1. The lowest BCUT2D eigenvalue weighted by atomic mass is 10.3. The molecule has 0 bridgehead atoms. The number of carboxylic acid groups (broad SMARTS) is 1. The van der Waals surface area contributed by atoms with Crippen LogP contribution >= 0.6 is 11.8 Å². The summed E-state index contributed by atoms with van der Waals surface area (Å²) in [6.07, 6.45) is 0. The summed E-state index contributed by atoms with van der Waals surface area (Å²) in [6.45, 7) is 0. The van der Waals surface area contributed by atoms with Crippen LogP contribution in [-0.2, 0) is 9.59 Å². The van der Waals surface area contributed by atoms with E-state index < -0.39 is 29.6 Å². The first kappa shape index (κ1) is 15.4. The maximum atomic E-state index is 13.2. The van der Waals surface area contributed by atoms with Crippen LogP contribution in [0.4, 0.5) is 14.5 Å². The third-order valence-corrected chi connectivity index (χ3v) is 3.11. The number of carbonyl (C=O) groups excluding carboxylic acids is 1. The Hall–Kier alpha value is -1.67. The van der Waals surface area contributed by atoms with Crippen LogP contribution in [-0.4, -0.2) is 34.5 Å². The molecule has 1 atom stereocenters. The van der Waals surface area contributed by atoms with E-state index in [1.807, 2.05) is 0 Å². The first-order chi connectivity index (χ1) is 8.90. The molecule has 0 aliphatic carbocycles. The van der Waals surface area contributed by atoms with Crippen LogP contribution < -0.4 is 11.1 Å². The molecule has 19 heavy (non-hydrogen) atoms. The Morgan fingerprint density at radius 2 is 2.11 bits per heavy atom. The molecule has 0 aromatic heterocycles. The van der Waals surface area contributed by atoms with Gasteiger partial charge in [-0.2, -0.15) is 0 Å². The predicted octanol–water partition coefficient (Wildman–Crippen LogP) is 1.05. The Morgan fingerprint density at radius 1 is 1.42 bits per heavy atom. The quantitative estimate of drug-likeness (QED) is 0.728. The standard InChI is InChI=1S/C11H12F2N2O3S/c12-6-1-2-7(13)9(3-6)15-10(16)5-19-4-8(14)11(17)18/h1-3,8H,4-5,14H2,(H,15,16)(H,17,18). The Labute approximate surface area is 112 Å². The van der Waals surface area contributed by atoms with E-state index in [1.165, 1.54) is 0 Å². The zero-order valence-electron chi connectivity index (χ0n) is 9.73. The van der Waals surface area contributed by atoms with E-state index in [4.69, 9.17) is 10.8 Å². The van der Waals surface area contributed by atoms with Crippen molar-refractivity contribution in [3.8, 4) is 0 Å². The molecule has 1 aromatic carbocycles. The molecule has 0 saturated heterocycles. The number of nitrogens with two attached hydrogens (primary N) is 1. The summed E-state index contributed by atoms with van der Waals surface area (Å²) >= 11 is 0.993. The summed E-state index contributed by atoms with van der Waals surface area (Å²) in [4.78, 5) is 21.8. The maximum Gasteiger partial charge on any atom is 0.321 e. The predicted molar refractivity (Wildman–Crippen MR) is 67.9 cm³/mol. The molecule has 8 heteroatoms. The van der Waals surface area contributed by atoms with Gasteiger partial charge in [0.1, 0.15) is 17.7 Å². The summed E-state index contributed by atoms with van der Waals surface area (Å²) in [5, 5.41) is 10.7. The lowest BCUT2D eigenvalue weighted by Gasteiger charge is -2.08. The minimum atomic E-state index is -1.16. The van der Waals surface area contributed by atoms with Crippen molar-refractivity contribution in [1.29, 1.82) is 0 Å². The van der Waals surface area contributed by atoms with Crippen LogP contribution in [0.5, 0.6) is 0 Å². The van der Waals surface area contributed by atoms with Crippen molar-refractivity contribution in [3.63, 3.8) is 0 Å². The van der Waals surface area contributed by atoms with Crippen molar-refractivity contribution in [2.24, 2.45) is 5.73 Å². The minimum Gasteiger partial charge on any atom is -0.480 e. The van der Waals surface area contributed by atoms with E-state index in [0.717, 1.165) is 30.0 Å².